The zero-order valence-electron chi connectivity index (χ0n) is 37.9. The zero-order valence-corrected chi connectivity index (χ0v) is 41.4. The number of amides is 2. The number of nitrogens with zero attached hydrogens (tertiary/aromatic N) is 4. The summed E-state index contributed by atoms with van der Waals surface area (Å²) >= 11 is 1.10. The third-order valence-corrected chi connectivity index (χ3v) is 15.2. The normalized spacial score (nSPS) is 23.1. The van der Waals surface area contributed by atoms with Crippen molar-refractivity contribution in [2.75, 3.05) is 44.4 Å². The molecule has 0 radical (unpaired) electrons. The maximum absolute atomic E-state index is 12.8. The summed E-state index contributed by atoms with van der Waals surface area (Å²) in [6, 6.07) is 0. The number of phosphoric acid groups is 3. The highest BCUT2D eigenvalue weighted by Gasteiger charge is 2.52. The molecule has 8 atom stereocenters. The minimum atomic E-state index is -5.58. The van der Waals surface area contributed by atoms with Crippen LogP contribution in [-0.4, -0.2) is 135 Å². The van der Waals surface area contributed by atoms with Crippen LogP contribution in [0.15, 0.2) is 12.5 Å². The van der Waals surface area contributed by atoms with Gasteiger partial charge in [-0.15, -0.1) is 5.10 Å². The van der Waals surface area contributed by atoms with Crippen LogP contribution in [-0.2, 0) is 55.4 Å². The molecule has 0 aromatic carbocycles. The van der Waals surface area contributed by atoms with Crippen LogP contribution >= 0.6 is 35.2 Å². The molecule has 2 aromatic rings. The molecule has 0 saturated carbocycles. The molecular weight excluding hydrogens is 967 g/mol. The number of nitrogens with one attached hydrogen (secondary N) is 2. The molecule has 2 fully saturated rings. The van der Waals surface area contributed by atoms with Crippen LogP contribution in [0.25, 0.3) is 11.2 Å². The highest BCUT2D eigenvalue weighted by atomic mass is 32.2. The first-order valence-corrected chi connectivity index (χ1v) is 27.7. The van der Waals surface area contributed by atoms with Gasteiger partial charge in [0.25, 0.3) is 0 Å². The van der Waals surface area contributed by atoms with E-state index in [0.717, 1.165) is 41.9 Å². The Morgan fingerprint density at radius 2 is 1.58 bits per heavy atom. The van der Waals surface area contributed by atoms with Gasteiger partial charge >= 0.3 is 23.5 Å². The van der Waals surface area contributed by atoms with Gasteiger partial charge in [0, 0.05) is 30.7 Å². The molecule has 3 unspecified atom stereocenters. The summed E-state index contributed by atoms with van der Waals surface area (Å²) in [5.74, 6) is -1.07. The van der Waals surface area contributed by atoms with Gasteiger partial charge in [-0.1, -0.05) is 103 Å². The molecule has 382 valence electrons. The number of rotatable bonds is 33. The number of ether oxygens (including phenoxy) is 2. The highest BCUT2D eigenvalue weighted by molar-refractivity contribution is 8.13. The summed E-state index contributed by atoms with van der Waals surface area (Å²) < 4.78 is 68.0. The number of carbonyl (C=O) groups excluding carboxylic acids is 3. The standard InChI is InChI=1S/C38H66N7O18P3S/c1-4-5-6-7-8-9-10-11-12-13-14-15-17-38(24-58-38)36(50)67-20-19-40-28(46)16-18-41-34(49)32(48)37(2,3)23-60-66(56,57)63-65(54,55)59-22-27-31(62-64(51,52)53)30(47)35(61-27)45-25-42-29-26(39)21-43-44-33(29)45/h21,25,27,30-32,35,47-48H,4-20,22-24H2,1-3H3,(H2,39,44)(H,40,46)(H,41,49)(H,54,55)(H,56,57)(H2,51,52,53)/t27-,30-,31-,32+,35-,38?/m1/s1. The SMILES string of the molecule is CCCCCCCCCCCCCCC1(C(=O)SCCNC(=O)CCNC(=O)[C@H](O)C(C)(C)COP(=O)(O)OP(=O)(O)OC[C@H]2O[C@@H](n3cnc4c(N)cnnc43)[C@H](O)[C@@H]2OP(=O)(O)O)CO1. The summed E-state index contributed by atoms with van der Waals surface area (Å²) in [5, 5.41) is 34.1. The smallest absolute Gasteiger partial charge is 0.396 e. The second-order valence-corrected chi connectivity index (χ2v) is 22.5. The van der Waals surface area contributed by atoms with Crippen LogP contribution in [0.5, 0.6) is 0 Å². The molecule has 25 nitrogen and oxygen atoms in total. The quantitative estimate of drug-likeness (QED) is 0.0280. The van der Waals surface area contributed by atoms with E-state index in [1.54, 1.807) is 0 Å². The van der Waals surface area contributed by atoms with Gasteiger partial charge in [-0.05, 0) is 12.8 Å². The third kappa shape index (κ3) is 18.7. The molecule has 4 heterocycles. The predicted molar refractivity (Wildman–Crippen MR) is 241 cm³/mol. The fraction of sp³-hybridized carbons (Fsp3) is 0.789. The van der Waals surface area contributed by atoms with Gasteiger partial charge in [0.15, 0.2) is 17.5 Å². The van der Waals surface area contributed by atoms with Crippen molar-refractivity contribution >= 4 is 69.0 Å². The molecule has 2 aliphatic rings. The van der Waals surface area contributed by atoms with Gasteiger partial charge in [-0.2, -0.15) is 9.41 Å². The van der Waals surface area contributed by atoms with E-state index in [9.17, 15) is 57.9 Å². The van der Waals surface area contributed by atoms with Gasteiger partial charge in [0.1, 0.15) is 29.9 Å². The van der Waals surface area contributed by atoms with Crippen molar-refractivity contribution in [3.05, 3.63) is 12.5 Å². The predicted octanol–water partition coefficient (Wildman–Crippen LogP) is 3.52. The number of thioether (sulfide) groups is 1. The molecule has 0 spiro atoms. The number of phosphoric ester groups is 3. The largest absolute Gasteiger partial charge is 0.481 e. The number of epoxide rings is 1. The number of hydrogen-bond donors (Lipinski definition) is 9. The summed E-state index contributed by atoms with van der Waals surface area (Å²) in [5.41, 5.74) is 3.69. The molecule has 0 aliphatic carbocycles. The number of fused-ring (bicyclic) bond motifs is 1. The molecule has 2 saturated heterocycles. The topological polar surface area (TPSA) is 376 Å². The number of imidazole rings is 1. The number of anilines is 1. The number of hydrogen-bond acceptors (Lipinski definition) is 19. The van der Waals surface area contributed by atoms with Gasteiger partial charge in [0.2, 0.25) is 16.9 Å². The summed E-state index contributed by atoms with van der Waals surface area (Å²) in [6.45, 7) is 3.12. The van der Waals surface area contributed by atoms with E-state index in [2.05, 4.69) is 41.6 Å². The Morgan fingerprint density at radius 3 is 2.19 bits per heavy atom. The maximum atomic E-state index is 12.8. The molecule has 2 aromatic heterocycles. The first-order valence-electron chi connectivity index (χ1n) is 22.2. The van der Waals surface area contributed by atoms with E-state index in [4.69, 9.17) is 24.3 Å². The van der Waals surface area contributed by atoms with Gasteiger partial charge < -0.3 is 55.6 Å². The Kier molecular flexibility index (Phi) is 22.3. The minimum absolute atomic E-state index is 0.0169. The van der Waals surface area contributed by atoms with Crippen LogP contribution in [0.4, 0.5) is 5.69 Å². The van der Waals surface area contributed by atoms with Crippen molar-refractivity contribution in [1.29, 1.82) is 0 Å². The zero-order chi connectivity index (χ0) is 49.5. The van der Waals surface area contributed by atoms with E-state index < -0.39 is 90.2 Å². The van der Waals surface area contributed by atoms with Gasteiger partial charge in [0.05, 0.1) is 38.0 Å². The number of aliphatic hydroxyl groups is 2. The summed E-state index contributed by atoms with van der Waals surface area (Å²) in [7, 11) is -16.4. The lowest BCUT2D eigenvalue weighted by Gasteiger charge is -2.30. The molecular formula is C38H66N7O18P3S. The number of nitrogens with two attached hydrogens (primary N) is 1. The fourth-order valence-corrected chi connectivity index (χ4v) is 10.8. The Balaban J connectivity index is 1.11. The minimum Gasteiger partial charge on any atom is -0.396 e. The van der Waals surface area contributed by atoms with Crippen molar-refractivity contribution < 1.29 is 85.2 Å². The van der Waals surface area contributed by atoms with Crippen molar-refractivity contribution in [3.63, 3.8) is 0 Å². The molecule has 2 amide bonds. The number of aromatic nitrogens is 4. The van der Waals surface area contributed by atoms with Crippen molar-refractivity contribution in [2.45, 2.75) is 147 Å². The Labute approximate surface area is 392 Å². The number of aliphatic hydroxyl groups excluding tert-OH is 2. The lowest BCUT2D eigenvalue weighted by Crippen LogP contribution is -2.46. The second kappa shape index (κ2) is 26.1. The molecule has 67 heavy (non-hydrogen) atoms. The molecule has 0 bridgehead atoms. The van der Waals surface area contributed by atoms with E-state index in [-0.39, 0.29) is 41.5 Å². The van der Waals surface area contributed by atoms with Crippen molar-refractivity contribution in [3.8, 4) is 0 Å². The van der Waals surface area contributed by atoms with Crippen LogP contribution < -0.4 is 16.4 Å². The average molecular weight is 1030 g/mol. The maximum Gasteiger partial charge on any atom is 0.481 e. The van der Waals surface area contributed by atoms with Gasteiger partial charge in [-0.25, -0.2) is 18.7 Å². The van der Waals surface area contributed by atoms with Gasteiger partial charge in [-0.3, -0.25) is 32.5 Å². The average Bonchev–Trinajstić information content (AvgIpc) is 3.83. The first-order chi connectivity index (χ1) is 31.5. The lowest BCUT2D eigenvalue weighted by molar-refractivity contribution is -0.137. The number of carbonyl (C=O) groups is 3. The third-order valence-electron chi connectivity index (χ3n) is 11.0. The van der Waals surface area contributed by atoms with Crippen LogP contribution in [0.3, 0.4) is 0 Å². The highest BCUT2D eigenvalue weighted by Crippen LogP contribution is 2.61. The fourth-order valence-electron chi connectivity index (χ4n) is 7.10. The number of unbranched alkanes of at least 4 members (excludes halogenated alkanes) is 11. The van der Waals surface area contributed by atoms with E-state index in [1.165, 1.54) is 77.8 Å². The van der Waals surface area contributed by atoms with Crippen molar-refractivity contribution in [2.24, 2.45) is 5.41 Å². The molecule has 29 heteroatoms. The summed E-state index contributed by atoms with van der Waals surface area (Å²) in [4.78, 5) is 81.3. The Hall–Kier alpha value is -2.48. The van der Waals surface area contributed by atoms with Crippen LogP contribution in [0.2, 0.25) is 0 Å². The van der Waals surface area contributed by atoms with Crippen molar-refractivity contribution in [1.82, 2.24) is 30.4 Å². The van der Waals surface area contributed by atoms with E-state index in [0.29, 0.717) is 18.8 Å². The Bertz CT molecular complexity index is 2080. The summed E-state index contributed by atoms with van der Waals surface area (Å²) in [6.07, 6.45) is 8.57. The Morgan fingerprint density at radius 1 is 0.970 bits per heavy atom. The van der Waals surface area contributed by atoms with E-state index in [1.807, 2.05) is 0 Å². The monoisotopic (exact) mass is 1030 g/mol. The second-order valence-electron chi connectivity index (χ2n) is 17.2. The molecule has 10 N–H and O–H groups in total. The number of nitrogen functional groups attached to an aromatic ring is 1. The van der Waals surface area contributed by atoms with Crippen LogP contribution in [0.1, 0.15) is 117 Å². The van der Waals surface area contributed by atoms with E-state index >= 15 is 0 Å². The molecule has 2 aliphatic heterocycles. The molecule has 4 rings (SSSR count). The first kappa shape index (κ1) is 57.1. The van der Waals surface area contributed by atoms with Crippen LogP contribution in [0, 0.1) is 5.41 Å². The lowest BCUT2D eigenvalue weighted by atomic mass is 9.87.